The topological polar surface area (TPSA) is 75.4 Å². The van der Waals surface area contributed by atoms with E-state index in [9.17, 15) is 8.42 Å². The van der Waals surface area contributed by atoms with Gasteiger partial charge in [-0.15, -0.1) is 0 Å². The molecule has 0 aliphatic carbocycles. The minimum absolute atomic E-state index is 0.0781. The molecule has 20 heavy (non-hydrogen) atoms. The van der Waals surface area contributed by atoms with Crippen molar-refractivity contribution in [1.29, 1.82) is 0 Å². The third kappa shape index (κ3) is 4.71. The monoisotopic (exact) mass is 319 g/mol. The summed E-state index contributed by atoms with van der Waals surface area (Å²) < 4.78 is 27.0. The second kappa shape index (κ2) is 7.38. The first-order valence-electron chi connectivity index (χ1n) is 6.46. The highest BCUT2D eigenvalue weighted by molar-refractivity contribution is 7.89. The molecule has 0 unspecified atom stereocenters. The lowest BCUT2D eigenvalue weighted by molar-refractivity contribution is 0.278. The Morgan fingerprint density at radius 2 is 2.05 bits per heavy atom. The van der Waals surface area contributed by atoms with Crippen LogP contribution in [-0.4, -0.2) is 39.5 Å². The smallest absolute Gasteiger partial charge is 0.242 e. The summed E-state index contributed by atoms with van der Waals surface area (Å²) in [6.07, 6.45) is 0. The Hall–Kier alpha value is -0.660. The molecule has 1 aromatic rings. The standard InChI is InChI=1S/C13H22ClN3O2S/c1-10(2)17(3)7-6-16-20(18,19)13-8-11(9-15)4-5-12(13)14/h4-5,8,10,16H,6-7,9,15H2,1-3H3. The van der Waals surface area contributed by atoms with Gasteiger partial charge in [-0.1, -0.05) is 17.7 Å². The number of likely N-dealkylation sites (N-methyl/N-ethyl adjacent to an activating group) is 1. The number of nitrogens with zero attached hydrogens (tertiary/aromatic N) is 1. The normalized spacial score (nSPS) is 12.3. The van der Waals surface area contributed by atoms with E-state index in [1.807, 2.05) is 7.05 Å². The van der Waals surface area contributed by atoms with Gasteiger partial charge >= 0.3 is 0 Å². The van der Waals surface area contributed by atoms with Crippen molar-refractivity contribution in [2.45, 2.75) is 31.3 Å². The van der Waals surface area contributed by atoms with Gasteiger partial charge in [-0.05, 0) is 38.6 Å². The number of benzene rings is 1. The Labute approximate surface area is 126 Å². The van der Waals surface area contributed by atoms with Gasteiger partial charge in [-0.2, -0.15) is 0 Å². The van der Waals surface area contributed by atoms with Crippen LogP contribution in [0.2, 0.25) is 5.02 Å². The fourth-order valence-corrected chi connectivity index (χ4v) is 3.14. The highest BCUT2D eigenvalue weighted by Crippen LogP contribution is 2.22. The molecule has 1 aromatic carbocycles. The van der Waals surface area contributed by atoms with Crippen molar-refractivity contribution in [3.63, 3.8) is 0 Å². The van der Waals surface area contributed by atoms with Crippen LogP contribution in [0, 0.1) is 0 Å². The van der Waals surface area contributed by atoms with Gasteiger partial charge in [0.15, 0.2) is 0 Å². The van der Waals surface area contributed by atoms with Crippen LogP contribution in [0.15, 0.2) is 23.1 Å². The van der Waals surface area contributed by atoms with E-state index in [-0.39, 0.29) is 16.5 Å². The Balaban J connectivity index is 2.79. The van der Waals surface area contributed by atoms with E-state index >= 15 is 0 Å². The number of hydrogen-bond acceptors (Lipinski definition) is 4. The van der Waals surface area contributed by atoms with Crippen molar-refractivity contribution < 1.29 is 8.42 Å². The summed E-state index contributed by atoms with van der Waals surface area (Å²) in [5, 5.41) is 0.201. The second-order valence-corrected chi connectivity index (χ2v) is 7.08. The Morgan fingerprint density at radius 3 is 2.60 bits per heavy atom. The van der Waals surface area contributed by atoms with Crippen LogP contribution in [0.25, 0.3) is 0 Å². The van der Waals surface area contributed by atoms with Gasteiger partial charge in [0.1, 0.15) is 4.90 Å². The molecular formula is C13H22ClN3O2S. The lowest BCUT2D eigenvalue weighted by Crippen LogP contribution is -2.36. The average Bonchev–Trinajstić information content (AvgIpc) is 2.38. The van der Waals surface area contributed by atoms with Crippen molar-refractivity contribution in [2.75, 3.05) is 20.1 Å². The highest BCUT2D eigenvalue weighted by atomic mass is 35.5. The number of nitrogens with two attached hydrogens (primary N) is 1. The minimum atomic E-state index is -3.61. The van der Waals surface area contributed by atoms with E-state index in [0.29, 0.717) is 19.1 Å². The molecule has 0 aliphatic rings. The summed E-state index contributed by atoms with van der Waals surface area (Å²) in [7, 11) is -1.66. The first kappa shape index (κ1) is 17.4. The quantitative estimate of drug-likeness (QED) is 0.797. The van der Waals surface area contributed by atoms with Crippen molar-refractivity contribution in [3.8, 4) is 0 Å². The van der Waals surface area contributed by atoms with Crippen LogP contribution in [0.1, 0.15) is 19.4 Å². The second-order valence-electron chi connectivity index (χ2n) is 4.94. The van der Waals surface area contributed by atoms with Crippen molar-refractivity contribution in [2.24, 2.45) is 5.73 Å². The van der Waals surface area contributed by atoms with Crippen LogP contribution >= 0.6 is 11.6 Å². The van der Waals surface area contributed by atoms with E-state index < -0.39 is 10.0 Å². The van der Waals surface area contributed by atoms with Crippen molar-refractivity contribution in [1.82, 2.24) is 9.62 Å². The molecule has 0 spiro atoms. The van der Waals surface area contributed by atoms with E-state index in [4.69, 9.17) is 17.3 Å². The molecule has 7 heteroatoms. The van der Waals surface area contributed by atoms with Crippen LogP contribution < -0.4 is 10.5 Å². The maximum atomic E-state index is 12.2. The van der Waals surface area contributed by atoms with Gasteiger partial charge < -0.3 is 10.6 Å². The summed E-state index contributed by atoms with van der Waals surface area (Å²) in [4.78, 5) is 2.13. The first-order chi connectivity index (χ1) is 9.27. The molecule has 114 valence electrons. The van der Waals surface area contributed by atoms with Gasteiger partial charge in [0.05, 0.1) is 5.02 Å². The predicted octanol–water partition coefficient (Wildman–Crippen LogP) is 1.42. The fraction of sp³-hybridized carbons (Fsp3) is 0.538. The van der Waals surface area contributed by atoms with Crippen LogP contribution in [0.4, 0.5) is 0 Å². The summed E-state index contributed by atoms with van der Waals surface area (Å²) in [6.45, 7) is 5.34. The maximum absolute atomic E-state index is 12.2. The molecule has 5 nitrogen and oxygen atoms in total. The van der Waals surface area contributed by atoms with E-state index in [1.165, 1.54) is 6.07 Å². The average molecular weight is 320 g/mol. The molecule has 0 aliphatic heterocycles. The van der Waals surface area contributed by atoms with Gasteiger partial charge in [0, 0.05) is 25.7 Å². The summed E-state index contributed by atoms with van der Waals surface area (Å²) in [6, 6.07) is 5.15. The zero-order chi connectivity index (χ0) is 15.3. The molecule has 0 heterocycles. The lowest BCUT2D eigenvalue weighted by Gasteiger charge is -2.21. The first-order valence-corrected chi connectivity index (χ1v) is 8.32. The molecule has 3 N–H and O–H groups in total. The van der Waals surface area contributed by atoms with E-state index in [1.54, 1.807) is 12.1 Å². The highest BCUT2D eigenvalue weighted by Gasteiger charge is 2.18. The zero-order valence-corrected chi connectivity index (χ0v) is 13.6. The third-order valence-corrected chi connectivity index (χ3v) is 5.10. The Morgan fingerprint density at radius 1 is 1.40 bits per heavy atom. The van der Waals surface area contributed by atoms with Gasteiger partial charge in [0.2, 0.25) is 10.0 Å². The molecule has 0 atom stereocenters. The summed E-state index contributed by atoms with van der Waals surface area (Å²) in [5.74, 6) is 0. The van der Waals surface area contributed by atoms with E-state index in [0.717, 1.165) is 5.56 Å². The Bertz CT molecular complexity index is 547. The van der Waals surface area contributed by atoms with Crippen LogP contribution in [0.3, 0.4) is 0 Å². The van der Waals surface area contributed by atoms with Crippen molar-refractivity contribution in [3.05, 3.63) is 28.8 Å². The molecule has 0 saturated heterocycles. The summed E-state index contributed by atoms with van der Waals surface area (Å²) >= 11 is 5.96. The number of sulfonamides is 1. The Kier molecular flexibility index (Phi) is 6.42. The zero-order valence-electron chi connectivity index (χ0n) is 12.1. The van der Waals surface area contributed by atoms with Crippen LogP contribution in [-0.2, 0) is 16.6 Å². The molecule has 0 fully saturated rings. The molecule has 0 aromatic heterocycles. The summed E-state index contributed by atoms with van der Waals surface area (Å²) in [5.41, 5.74) is 6.25. The SMILES string of the molecule is CC(C)N(C)CCNS(=O)(=O)c1cc(CN)ccc1Cl. The van der Waals surface area contributed by atoms with E-state index in [2.05, 4.69) is 23.5 Å². The maximum Gasteiger partial charge on any atom is 0.242 e. The van der Waals surface area contributed by atoms with Gasteiger partial charge in [0.25, 0.3) is 0 Å². The number of halogens is 1. The molecule has 0 saturated carbocycles. The number of rotatable bonds is 7. The molecule has 0 amide bonds. The minimum Gasteiger partial charge on any atom is -0.326 e. The lowest BCUT2D eigenvalue weighted by atomic mass is 10.2. The molecule has 0 radical (unpaired) electrons. The third-order valence-electron chi connectivity index (χ3n) is 3.16. The largest absolute Gasteiger partial charge is 0.326 e. The van der Waals surface area contributed by atoms with Crippen LogP contribution in [0.5, 0.6) is 0 Å². The molecule has 0 bridgehead atoms. The predicted molar refractivity (Wildman–Crippen MR) is 82.3 cm³/mol. The molecule has 1 rings (SSSR count). The van der Waals surface area contributed by atoms with Gasteiger partial charge in [-0.25, -0.2) is 13.1 Å². The fourth-order valence-electron chi connectivity index (χ4n) is 1.57. The number of hydrogen-bond donors (Lipinski definition) is 2. The number of nitrogens with one attached hydrogen (secondary N) is 1. The van der Waals surface area contributed by atoms with Crippen molar-refractivity contribution >= 4 is 21.6 Å². The molecular weight excluding hydrogens is 298 g/mol. The van der Waals surface area contributed by atoms with Gasteiger partial charge in [-0.3, -0.25) is 0 Å².